The summed E-state index contributed by atoms with van der Waals surface area (Å²) in [6.45, 7) is 6.10. The van der Waals surface area contributed by atoms with Gasteiger partial charge in [0, 0.05) is 23.3 Å². The largest absolute Gasteiger partial charge is 0.444 e. The topological polar surface area (TPSA) is 98.6 Å². The van der Waals surface area contributed by atoms with E-state index in [1.54, 1.807) is 45.4 Å². The highest BCUT2D eigenvalue weighted by Gasteiger charge is 2.33. The van der Waals surface area contributed by atoms with Gasteiger partial charge in [-0.15, -0.1) is 11.3 Å². The van der Waals surface area contributed by atoms with Crippen molar-refractivity contribution in [3.05, 3.63) is 53.8 Å². The Morgan fingerprint density at radius 1 is 1.39 bits per heavy atom. The molecule has 1 saturated heterocycles. The van der Waals surface area contributed by atoms with Gasteiger partial charge in [0.25, 0.3) is 0 Å². The number of aromatic nitrogens is 3. The van der Waals surface area contributed by atoms with Crippen molar-refractivity contribution in [2.75, 3.05) is 18.0 Å². The normalized spacial score (nSPS) is 16.1. The van der Waals surface area contributed by atoms with Gasteiger partial charge in [0.15, 0.2) is 0 Å². The van der Waals surface area contributed by atoms with Crippen molar-refractivity contribution in [2.45, 2.75) is 39.0 Å². The zero-order chi connectivity index (χ0) is 23.6. The average Bonchev–Trinajstić information content (AvgIpc) is 3.47. The van der Waals surface area contributed by atoms with Gasteiger partial charge in [-0.25, -0.2) is 23.9 Å². The molecular weight excluding hydrogens is 449 g/mol. The predicted octanol–water partition coefficient (Wildman–Crippen LogP) is 4.04. The van der Waals surface area contributed by atoms with Crippen molar-refractivity contribution < 1.29 is 23.5 Å². The fourth-order valence-electron chi connectivity index (χ4n) is 3.27. The van der Waals surface area contributed by atoms with Crippen LogP contribution in [0.2, 0.25) is 0 Å². The molecule has 2 aromatic heterocycles. The second-order valence-corrected chi connectivity index (χ2v) is 9.40. The molecule has 1 fully saturated rings. The molecule has 3 aromatic rings. The number of rotatable bonds is 6. The molecule has 0 spiro atoms. The first-order valence-electron chi connectivity index (χ1n) is 10.3. The Labute approximate surface area is 194 Å². The Bertz CT molecular complexity index is 1140. The van der Waals surface area contributed by atoms with Gasteiger partial charge in [-0.2, -0.15) is 0 Å². The van der Waals surface area contributed by atoms with E-state index in [1.165, 1.54) is 22.3 Å². The van der Waals surface area contributed by atoms with E-state index in [1.807, 2.05) is 16.1 Å². The number of benzene rings is 1. The maximum Gasteiger partial charge on any atom is 0.414 e. The van der Waals surface area contributed by atoms with Gasteiger partial charge in [0.05, 0.1) is 37.3 Å². The molecule has 1 aliphatic rings. The first-order chi connectivity index (χ1) is 15.7. The SMILES string of the molecule is CC(C)(C)OC(=O)NC[C@H]1CN(c2ccc(-c3nc(Cn4ccnc4)cs3)c(F)c2)C(=O)O1. The van der Waals surface area contributed by atoms with Crippen LogP contribution < -0.4 is 10.2 Å². The minimum absolute atomic E-state index is 0.0938. The summed E-state index contributed by atoms with van der Waals surface area (Å²) in [5.41, 5.74) is 0.909. The molecule has 0 aliphatic carbocycles. The summed E-state index contributed by atoms with van der Waals surface area (Å²) in [5, 5.41) is 5.01. The monoisotopic (exact) mass is 473 g/mol. The maximum absolute atomic E-state index is 14.9. The number of hydrogen-bond acceptors (Lipinski definition) is 7. The molecule has 1 aliphatic heterocycles. The molecule has 11 heteroatoms. The summed E-state index contributed by atoms with van der Waals surface area (Å²) in [6.07, 6.45) is 3.45. The quantitative estimate of drug-likeness (QED) is 0.580. The third-order valence-corrected chi connectivity index (χ3v) is 5.62. The van der Waals surface area contributed by atoms with E-state index in [0.717, 1.165) is 5.69 Å². The third kappa shape index (κ3) is 5.67. The molecule has 2 amide bonds. The second-order valence-electron chi connectivity index (χ2n) is 8.54. The molecule has 0 saturated carbocycles. The first kappa shape index (κ1) is 22.7. The Morgan fingerprint density at radius 3 is 2.91 bits per heavy atom. The number of thiazole rings is 1. The van der Waals surface area contributed by atoms with Crippen molar-refractivity contribution in [1.82, 2.24) is 19.9 Å². The minimum Gasteiger partial charge on any atom is -0.444 e. The summed E-state index contributed by atoms with van der Waals surface area (Å²) in [4.78, 5) is 34.0. The number of imidazole rings is 1. The molecule has 1 N–H and O–H groups in total. The van der Waals surface area contributed by atoms with Crippen molar-refractivity contribution in [2.24, 2.45) is 0 Å². The number of ether oxygens (including phenoxy) is 2. The summed E-state index contributed by atoms with van der Waals surface area (Å²) < 4.78 is 27.3. The molecule has 1 atom stereocenters. The minimum atomic E-state index is -0.626. The molecule has 0 radical (unpaired) electrons. The number of anilines is 1. The van der Waals surface area contributed by atoms with E-state index in [9.17, 15) is 14.0 Å². The van der Waals surface area contributed by atoms with Gasteiger partial charge in [-0.1, -0.05) is 0 Å². The van der Waals surface area contributed by atoms with Gasteiger partial charge in [0.1, 0.15) is 22.5 Å². The van der Waals surface area contributed by atoms with Crippen LogP contribution >= 0.6 is 11.3 Å². The summed E-state index contributed by atoms with van der Waals surface area (Å²) in [7, 11) is 0. The molecule has 0 bridgehead atoms. The van der Waals surface area contributed by atoms with E-state index < -0.39 is 29.7 Å². The molecule has 3 heterocycles. The zero-order valence-corrected chi connectivity index (χ0v) is 19.3. The van der Waals surface area contributed by atoms with Gasteiger partial charge < -0.3 is 19.4 Å². The highest BCUT2D eigenvalue weighted by Crippen LogP contribution is 2.31. The third-order valence-electron chi connectivity index (χ3n) is 4.70. The number of carbonyl (C=O) groups is 2. The van der Waals surface area contributed by atoms with Crippen molar-refractivity contribution in [1.29, 1.82) is 0 Å². The zero-order valence-electron chi connectivity index (χ0n) is 18.4. The number of nitrogens with one attached hydrogen (secondary N) is 1. The van der Waals surface area contributed by atoms with E-state index in [-0.39, 0.29) is 13.1 Å². The van der Waals surface area contributed by atoms with Crippen LogP contribution in [0, 0.1) is 5.82 Å². The smallest absolute Gasteiger partial charge is 0.414 e. The Balaban J connectivity index is 1.39. The molecule has 0 unspecified atom stereocenters. The van der Waals surface area contributed by atoms with Gasteiger partial charge in [-0.05, 0) is 39.0 Å². The second kappa shape index (κ2) is 9.18. The number of alkyl carbamates (subject to hydrolysis) is 1. The van der Waals surface area contributed by atoms with E-state index in [0.29, 0.717) is 22.8 Å². The highest BCUT2D eigenvalue weighted by molar-refractivity contribution is 7.13. The van der Waals surface area contributed by atoms with Gasteiger partial charge in [0.2, 0.25) is 0 Å². The van der Waals surface area contributed by atoms with Gasteiger partial charge in [-0.3, -0.25) is 4.90 Å². The lowest BCUT2D eigenvalue weighted by atomic mass is 10.2. The van der Waals surface area contributed by atoms with Crippen LogP contribution in [0.4, 0.5) is 19.7 Å². The molecular formula is C22H24FN5O4S. The van der Waals surface area contributed by atoms with Crippen LogP contribution in [0.3, 0.4) is 0 Å². The Morgan fingerprint density at radius 2 is 2.21 bits per heavy atom. The number of halogens is 1. The predicted molar refractivity (Wildman–Crippen MR) is 121 cm³/mol. The number of cyclic esters (lactones) is 1. The van der Waals surface area contributed by atoms with E-state index in [4.69, 9.17) is 9.47 Å². The Hall–Kier alpha value is -3.47. The molecule has 33 heavy (non-hydrogen) atoms. The van der Waals surface area contributed by atoms with Crippen LogP contribution in [0.15, 0.2) is 42.3 Å². The Kier molecular flexibility index (Phi) is 6.32. The van der Waals surface area contributed by atoms with Crippen LogP contribution in [0.1, 0.15) is 26.5 Å². The fourth-order valence-corrected chi connectivity index (χ4v) is 4.10. The summed E-state index contributed by atoms with van der Waals surface area (Å²) in [5.74, 6) is -0.487. The average molecular weight is 474 g/mol. The van der Waals surface area contributed by atoms with Crippen LogP contribution in [-0.2, 0) is 16.0 Å². The number of hydrogen-bond donors (Lipinski definition) is 1. The summed E-state index contributed by atoms with van der Waals surface area (Å²) >= 11 is 1.35. The van der Waals surface area contributed by atoms with Crippen molar-refractivity contribution in [3.63, 3.8) is 0 Å². The van der Waals surface area contributed by atoms with E-state index >= 15 is 0 Å². The van der Waals surface area contributed by atoms with Crippen LogP contribution in [-0.4, -0.2) is 51.5 Å². The van der Waals surface area contributed by atoms with Crippen LogP contribution in [0.5, 0.6) is 0 Å². The molecule has 174 valence electrons. The van der Waals surface area contributed by atoms with E-state index in [2.05, 4.69) is 15.3 Å². The molecule has 9 nitrogen and oxygen atoms in total. The molecule has 1 aromatic carbocycles. The van der Waals surface area contributed by atoms with Gasteiger partial charge >= 0.3 is 12.2 Å². The van der Waals surface area contributed by atoms with Crippen molar-refractivity contribution >= 4 is 29.2 Å². The number of nitrogens with zero attached hydrogens (tertiary/aromatic N) is 4. The van der Waals surface area contributed by atoms with Crippen LogP contribution in [0.25, 0.3) is 10.6 Å². The first-order valence-corrected chi connectivity index (χ1v) is 11.2. The lowest BCUT2D eigenvalue weighted by molar-refractivity contribution is 0.0496. The fraction of sp³-hybridized carbons (Fsp3) is 0.364. The highest BCUT2D eigenvalue weighted by atomic mass is 32.1. The lowest BCUT2D eigenvalue weighted by Gasteiger charge is -2.20. The maximum atomic E-state index is 14.9. The summed E-state index contributed by atoms with van der Waals surface area (Å²) in [6, 6.07) is 4.54. The number of amides is 2. The molecule has 4 rings (SSSR count). The standard InChI is InChI=1S/C22H24FN5O4S/c1-22(2,3)32-20(29)25-9-16-11-28(21(30)31-16)15-4-5-17(18(23)8-15)19-26-14(12-33-19)10-27-7-6-24-13-27/h4-8,12-13,16H,9-11H2,1-3H3,(H,25,29)/t16-/m0/s1. The van der Waals surface area contributed by atoms with Crippen molar-refractivity contribution in [3.8, 4) is 10.6 Å². The number of carbonyl (C=O) groups excluding carboxylic acids is 2. The lowest BCUT2D eigenvalue weighted by Crippen LogP contribution is -2.38.